The number of allylic oxidation sites excluding steroid dienone is 4. The molecule has 2 aliphatic rings. The number of aryl methyl sites for hydroxylation is 2. The van der Waals surface area contributed by atoms with E-state index < -0.39 is 11.7 Å². The van der Waals surface area contributed by atoms with Crippen molar-refractivity contribution < 1.29 is 14.3 Å². The Morgan fingerprint density at radius 3 is 2.56 bits per heavy atom. The van der Waals surface area contributed by atoms with E-state index in [9.17, 15) is 9.59 Å². The van der Waals surface area contributed by atoms with E-state index in [1.165, 1.54) is 4.68 Å². The van der Waals surface area contributed by atoms with E-state index in [4.69, 9.17) is 11.2 Å². The number of ether oxygens (including phenoxy) is 1. The van der Waals surface area contributed by atoms with Crippen molar-refractivity contribution in [3.8, 4) is 12.3 Å². The van der Waals surface area contributed by atoms with Gasteiger partial charge in [-0.25, -0.2) is 9.78 Å². The molecule has 0 aliphatic heterocycles. The van der Waals surface area contributed by atoms with Crippen molar-refractivity contribution in [1.82, 2.24) is 24.2 Å². The van der Waals surface area contributed by atoms with Gasteiger partial charge < -0.3 is 9.64 Å². The Kier molecular flexibility index (Phi) is 6.94. The van der Waals surface area contributed by atoms with Crippen LogP contribution in [-0.4, -0.2) is 53.9 Å². The first kappa shape index (κ1) is 25.5. The molecule has 8 nitrogen and oxygen atoms in total. The fourth-order valence-electron chi connectivity index (χ4n) is 4.90. The molecular weight excluding hydrogens is 454 g/mol. The highest BCUT2D eigenvalue weighted by Crippen LogP contribution is 2.35. The Hall–Kier alpha value is -3.60. The molecule has 8 heteroatoms. The molecule has 0 spiro atoms. The molecule has 1 saturated carbocycles. The van der Waals surface area contributed by atoms with E-state index in [-0.39, 0.29) is 18.0 Å². The van der Waals surface area contributed by atoms with Crippen LogP contribution in [0.25, 0.3) is 5.70 Å². The zero-order valence-corrected chi connectivity index (χ0v) is 22.0. The van der Waals surface area contributed by atoms with Crippen LogP contribution in [0, 0.1) is 26.2 Å². The zero-order chi connectivity index (χ0) is 26.2. The number of imidazole rings is 1. The lowest BCUT2D eigenvalue weighted by Crippen LogP contribution is -2.45. The molecule has 2 aliphatic carbocycles. The molecule has 1 fully saturated rings. The summed E-state index contributed by atoms with van der Waals surface area (Å²) >= 11 is 0. The van der Waals surface area contributed by atoms with Gasteiger partial charge in [0.2, 0.25) is 0 Å². The summed E-state index contributed by atoms with van der Waals surface area (Å²) in [5, 5.41) is 4.47. The average molecular weight is 490 g/mol. The minimum Gasteiger partial charge on any atom is -0.442 e. The van der Waals surface area contributed by atoms with Crippen LogP contribution in [-0.2, 0) is 17.6 Å². The standard InChI is InChI=1S/C28H35N5O3/c1-8-10-21(11-9-2)32-18(3)25(29-19(32)4)26(34)33(22-12-13-22)23-14-15-24-20(16-23)17-31(30-24)27(35)36-28(5,6)7/h1,9-11,17,22-23H,12-16H2,2-7H3/b11-9-,21-10+. The minimum absolute atomic E-state index is 0.0231. The number of hydrogen-bond donors (Lipinski definition) is 0. The summed E-state index contributed by atoms with van der Waals surface area (Å²) in [6.07, 6.45) is 16.4. The van der Waals surface area contributed by atoms with Gasteiger partial charge in [-0.05, 0) is 85.3 Å². The largest absolute Gasteiger partial charge is 0.442 e. The van der Waals surface area contributed by atoms with Crippen molar-refractivity contribution in [2.45, 2.75) is 91.3 Å². The fourth-order valence-corrected chi connectivity index (χ4v) is 4.90. The van der Waals surface area contributed by atoms with Crippen LogP contribution in [0.1, 0.15) is 80.2 Å². The number of rotatable bonds is 5. The molecule has 190 valence electrons. The van der Waals surface area contributed by atoms with Crippen molar-refractivity contribution in [1.29, 1.82) is 0 Å². The van der Waals surface area contributed by atoms with Crippen LogP contribution in [0.4, 0.5) is 4.79 Å². The van der Waals surface area contributed by atoms with Crippen LogP contribution in [0.2, 0.25) is 0 Å². The number of nitrogens with zero attached hydrogens (tertiary/aromatic N) is 5. The van der Waals surface area contributed by atoms with Crippen molar-refractivity contribution in [3.63, 3.8) is 0 Å². The smallest absolute Gasteiger partial charge is 0.435 e. The molecule has 0 N–H and O–H groups in total. The van der Waals surface area contributed by atoms with Gasteiger partial charge in [0.1, 0.15) is 17.1 Å². The molecular formula is C28H35N5O3. The van der Waals surface area contributed by atoms with Crippen LogP contribution in [0.3, 0.4) is 0 Å². The first-order valence-corrected chi connectivity index (χ1v) is 12.5. The Morgan fingerprint density at radius 1 is 1.22 bits per heavy atom. The van der Waals surface area contributed by atoms with Gasteiger partial charge in [0.15, 0.2) is 0 Å². The number of amides is 1. The van der Waals surface area contributed by atoms with Crippen molar-refractivity contribution in [2.24, 2.45) is 0 Å². The molecule has 0 saturated heterocycles. The summed E-state index contributed by atoms with van der Waals surface area (Å²) in [6.45, 7) is 11.2. The van der Waals surface area contributed by atoms with Gasteiger partial charge in [0.05, 0.1) is 17.1 Å². The third-order valence-electron chi connectivity index (χ3n) is 6.50. The van der Waals surface area contributed by atoms with Gasteiger partial charge >= 0.3 is 6.09 Å². The Balaban J connectivity index is 1.60. The van der Waals surface area contributed by atoms with Gasteiger partial charge in [0.25, 0.3) is 5.91 Å². The molecule has 2 aromatic rings. The summed E-state index contributed by atoms with van der Waals surface area (Å²) in [7, 11) is 0. The Labute approximate surface area is 213 Å². The third-order valence-corrected chi connectivity index (χ3v) is 6.50. The molecule has 2 heterocycles. The maximum absolute atomic E-state index is 13.9. The number of carbonyl (C=O) groups excluding carboxylic acids is 2. The SMILES string of the molecule is C#C/C=C(\C=C/C)n1c(C)nc(C(=O)N(C2CC2)C2CCc3nn(C(=O)OC(C)(C)C)cc3C2)c1C. The first-order chi connectivity index (χ1) is 17.0. The monoisotopic (exact) mass is 489 g/mol. The lowest BCUT2D eigenvalue weighted by Gasteiger charge is -2.34. The fraction of sp³-hybridized carbons (Fsp3) is 0.500. The third kappa shape index (κ3) is 5.15. The molecule has 1 unspecified atom stereocenters. The lowest BCUT2D eigenvalue weighted by molar-refractivity contribution is 0.0513. The second-order valence-electron chi connectivity index (χ2n) is 10.5. The Morgan fingerprint density at radius 2 is 1.94 bits per heavy atom. The van der Waals surface area contributed by atoms with E-state index in [1.54, 1.807) is 12.3 Å². The second kappa shape index (κ2) is 9.81. The molecule has 36 heavy (non-hydrogen) atoms. The lowest BCUT2D eigenvalue weighted by atomic mass is 9.92. The van der Waals surface area contributed by atoms with Gasteiger partial charge in [0, 0.05) is 24.4 Å². The van der Waals surface area contributed by atoms with Crippen LogP contribution in [0.15, 0.2) is 24.4 Å². The van der Waals surface area contributed by atoms with Crippen LogP contribution in [0.5, 0.6) is 0 Å². The van der Waals surface area contributed by atoms with Gasteiger partial charge in [-0.1, -0.05) is 12.0 Å². The summed E-state index contributed by atoms with van der Waals surface area (Å²) in [6, 6.07) is 0.237. The van der Waals surface area contributed by atoms with Crippen LogP contribution < -0.4 is 0 Å². The normalized spacial score (nSPS) is 18.1. The second-order valence-corrected chi connectivity index (χ2v) is 10.5. The highest BCUT2D eigenvalue weighted by Gasteiger charge is 2.41. The average Bonchev–Trinajstić information content (AvgIpc) is 3.45. The highest BCUT2D eigenvalue weighted by atomic mass is 16.6. The van der Waals surface area contributed by atoms with E-state index in [2.05, 4.69) is 16.0 Å². The molecule has 1 amide bonds. The van der Waals surface area contributed by atoms with Crippen LogP contribution >= 0.6 is 0 Å². The first-order valence-electron chi connectivity index (χ1n) is 12.5. The number of carbonyl (C=O) groups is 2. The van der Waals surface area contributed by atoms with Crippen molar-refractivity contribution in [2.75, 3.05) is 0 Å². The minimum atomic E-state index is -0.594. The highest BCUT2D eigenvalue weighted by molar-refractivity contribution is 5.94. The number of fused-ring (bicyclic) bond motifs is 1. The number of aromatic nitrogens is 4. The number of hydrogen-bond acceptors (Lipinski definition) is 5. The summed E-state index contributed by atoms with van der Waals surface area (Å²) in [5.41, 5.74) is 3.33. The maximum Gasteiger partial charge on any atom is 0.435 e. The van der Waals surface area contributed by atoms with E-state index in [0.29, 0.717) is 18.5 Å². The molecule has 0 radical (unpaired) electrons. The van der Waals surface area contributed by atoms with E-state index in [1.807, 2.05) is 63.2 Å². The molecule has 0 aromatic carbocycles. The zero-order valence-electron chi connectivity index (χ0n) is 22.0. The predicted molar refractivity (Wildman–Crippen MR) is 138 cm³/mol. The summed E-state index contributed by atoms with van der Waals surface area (Å²) in [5.74, 6) is 3.25. The maximum atomic E-state index is 13.9. The van der Waals surface area contributed by atoms with Crippen molar-refractivity contribution in [3.05, 3.63) is 52.9 Å². The van der Waals surface area contributed by atoms with Crippen molar-refractivity contribution >= 4 is 17.7 Å². The van der Waals surface area contributed by atoms with Gasteiger partial charge in [-0.15, -0.1) is 6.42 Å². The number of terminal acetylenes is 1. The molecule has 2 aromatic heterocycles. The summed E-state index contributed by atoms with van der Waals surface area (Å²) in [4.78, 5) is 33.1. The topological polar surface area (TPSA) is 82.3 Å². The van der Waals surface area contributed by atoms with Gasteiger partial charge in [-0.3, -0.25) is 9.36 Å². The van der Waals surface area contributed by atoms with Gasteiger partial charge in [-0.2, -0.15) is 9.78 Å². The molecule has 1 atom stereocenters. The molecule has 0 bridgehead atoms. The van der Waals surface area contributed by atoms with E-state index in [0.717, 1.165) is 47.7 Å². The quantitative estimate of drug-likeness (QED) is 0.449. The summed E-state index contributed by atoms with van der Waals surface area (Å²) < 4.78 is 8.69. The molecule has 4 rings (SSSR count). The Bertz CT molecular complexity index is 1280. The predicted octanol–water partition coefficient (Wildman–Crippen LogP) is 4.69. The van der Waals surface area contributed by atoms with E-state index >= 15 is 0 Å².